The molecule has 0 atom stereocenters. The number of carbonyl (C=O) groups excluding carboxylic acids is 2. The summed E-state index contributed by atoms with van der Waals surface area (Å²) in [6, 6.07) is 4.01. The predicted molar refractivity (Wildman–Crippen MR) is 67.2 cm³/mol. The van der Waals surface area contributed by atoms with Crippen molar-refractivity contribution in [1.82, 2.24) is 0 Å². The van der Waals surface area contributed by atoms with Crippen molar-refractivity contribution in [3.05, 3.63) is 28.0 Å². The van der Waals surface area contributed by atoms with E-state index in [1.165, 1.54) is 18.2 Å². The fourth-order valence-corrected chi connectivity index (χ4v) is 1.34. The van der Waals surface area contributed by atoms with Crippen LogP contribution in [-0.2, 0) is 14.3 Å². The Hall–Kier alpha value is -2.64. The second-order valence-corrected chi connectivity index (χ2v) is 3.38. The summed E-state index contributed by atoms with van der Waals surface area (Å²) in [4.78, 5) is 43.8. The lowest BCUT2D eigenvalue weighted by molar-refractivity contribution is -0.145. The average molecular weight is 265 g/mol. The van der Waals surface area contributed by atoms with E-state index in [1.807, 2.05) is 0 Å². The molecule has 1 rings (SSSR count). The molecule has 0 aliphatic rings. The lowest BCUT2D eigenvalue weighted by atomic mass is 10.2. The highest BCUT2D eigenvalue weighted by Crippen LogP contribution is 2.34. The van der Waals surface area contributed by atoms with Gasteiger partial charge in [-0.2, -0.15) is 0 Å². The first-order valence-electron chi connectivity index (χ1n) is 5.37. The zero-order chi connectivity index (χ0) is 14.3. The highest BCUT2D eigenvalue weighted by atomic mass is 16.5. The van der Waals surface area contributed by atoms with Crippen molar-refractivity contribution >= 4 is 28.9 Å². The Morgan fingerprint density at radius 3 is 2.26 bits per heavy atom. The fourth-order valence-electron chi connectivity index (χ4n) is 1.34. The number of esters is 1. The lowest BCUT2D eigenvalue weighted by Crippen LogP contribution is -2.18. The topological polar surface area (TPSA) is 114 Å². The molecule has 0 heterocycles. The molecule has 0 saturated heterocycles. The maximum atomic E-state index is 11.5. The Morgan fingerprint density at radius 2 is 1.79 bits per heavy atom. The van der Waals surface area contributed by atoms with E-state index in [4.69, 9.17) is 0 Å². The fraction of sp³-hybridized carbons (Fsp3) is 0.273. The molecule has 0 fully saturated rings. The molecule has 0 radical (unpaired) electrons. The van der Waals surface area contributed by atoms with Gasteiger partial charge in [-0.3, -0.25) is 9.59 Å². The predicted octanol–water partition coefficient (Wildman–Crippen LogP) is 2.37. The second-order valence-electron chi connectivity index (χ2n) is 3.38. The van der Waals surface area contributed by atoms with Gasteiger partial charge in [-0.25, -0.2) is 0 Å². The summed E-state index contributed by atoms with van der Waals surface area (Å²) in [7, 11) is 0. The molecule has 0 saturated carbocycles. The summed E-state index contributed by atoms with van der Waals surface area (Å²) >= 11 is 0. The third kappa shape index (κ3) is 3.95. The van der Waals surface area contributed by atoms with Gasteiger partial charge in [0.05, 0.1) is 6.61 Å². The van der Waals surface area contributed by atoms with Gasteiger partial charge >= 0.3 is 5.97 Å². The minimum atomic E-state index is -0.723. The van der Waals surface area contributed by atoms with Crippen LogP contribution in [0.25, 0.3) is 0 Å². The van der Waals surface area contributed by atoms with E-state index < -0.39 is 18.3 Å². The number of benzene rings is 1. The molecule has 0 spiro atoms. The molecule has 0 aliphatic heterocycles. The van der Waals surface area contributed by atoms with Crippen molar-refractivity contribution in [3.63, 3.8) is 0 Å². The molecule has 8 heteroatoms. The van der Waals surface area contributed by atoms with E-state index in [-0.39, 0.29) is 23.7 Å². The zero-order valence-corrected chi connectivity index (χ0v) is 10.1. The number of para-hydroxylation sites is 1. The Morgan fingerprint density at radius 1 is 1.21 bits per heavy atom. The SMILES string of the molecule is CCOC(=O)CC(=O)Nc1c(N=O)cccc1N=O. The number of nitroso groups, excluding NO2 is 2. The summed E-state index contributed by atoms with van der Waals surface area (Å²) in [5.74, 6) is -1.43. The van der Waals surface area contributed by atoms with Crippen molar-refractivity contribution < 1.29 is 14.3 Å². The van der Waals surface area contributed by atoms with Gasteiger partial charge in [0, 0.05) is 0 Å². The summed E-state index contributed by atoms with van der Waals surface area (Å²) < 4.78 is 4.59. The average Bonchev–Trinajstić information content (AvgIpc) is 2.39. The van der Waals surface area contributed by atoms with Crippen LogP contribution in [0, 0.1) is 9.81 Å². The summed E-state index contributed by atoms with van der Waals surface area (Å²) in [6.45, 7) is 1.76. The largest absolute Gasteiger partial charge is 0.466 e. The van der Waals surface area contributed by atoms with Gasteiger partial charge in [-0.05, 0) is 29.4 Å². The van der Waals surface area contributed by atoms with Gasteiger partial charge in [0.15, 0.2) is 0 Å². The molecular weight excluding hydrogens is 254 g/mol. The number of hydrogen-bond acceptors (Lipinski definition) is 7. The number of hydrogen-bond donors (Lipinski definition) is 1. The minimum Gasteiger partial charge on any atom is -0.466 e. The van der Waals surface area contributed by atoms with Crippen LogP contribution in [0.5, 0.6) is 0 Å². The molecule has 0 bridgehead atoms. The first-order chi connectivity index (χ1) is 9.12. The van der Waals surface area contributed by atoms with E-state index in [9.17, 15) is 19.4 Å². The van der Waals surface area contributed by atoms with Crippen LogP contribution < -0.4 is 5.32 Å². The number of rotatable bonds is 6. The van der Waals surface area contributed by atoms with Crippen LogP contribution in [0.4, 0.5) is 17.1 Å². The number of ether oxygens (including phenoxy) is 1. The number of nitrogens with one attached hydrogen (secondary N) is 1. The van der Waals surface area contributed by atoms with Crippen LogP contribution in [0.15, 0.2) is 28.6 Å². The maximum Gasteiger partial charge on any atom is 0.315 e. The summed E-state index contributed by atoms with van der Waals surface area (Å²) in [5.41, 5.74) is -0.412. The lowest BCUT2D eigenvalue weighted by Gasteiger charge is -2.07. The monoisotopic (exact) mass is 265 g/mol. The molecular formula is C11H11N3O5. The highest BCUT2D eigenvalue weighted by Gasteiger charge is 2.16. The van der Waals surface area contributed by atoms with Crippen molar-refractivity contribution in [2.45, 2.75) is 13.3 Å². The number of nitrogens with zero attached hydrogens (tertiary/aromatic N) is 2. The molecule has 1 aromatic rings. The van der Waals surface area contributed by atoms with E-state index in [2.05, 4.69) is 20.4 Å². The summed E-state index contributed by atoms with van der Waals surface area (Å²) in [6.07, 6.45) is -0.528. The third-order valence-electron chi connectivity index (χ3n) is 2.09. The highest BCUT2D eigenvalue weighted by molar-refractivity contribution is 6.05. The van der Waals surface area contributed by atoms with E-state index in [0.717, 1.165) is 0 Å². The van der Waals surface area contributed by atoms with Crippen molar-refractivity contribution in [2.24, 2.45) is 10.4 Å². The molecule has 19 heavy (non-hydrogen) atoms. The van der Waals surface area contributed by atoms with Gasteiger partial charge < -0.3 is 10.1 Å². The van der Waals surface area contributed by atoms with Crippen LogP contribution in [0.2, 0.25) is 0 Å². The van der Waals surface area contributed by atoms with Crippen LogP contribution in [-0.4, -0.2) is 18.5 Å². The van der Waals surface area contributed by atoms with Crippen molar-refractivity contribution in [3.8, 4) is 0 Å². The smallest absolute Gasteiger partial charge is 0.315 e. The molecule has 1 N–H and O–H groups in total. The van der Waals surface area contributed by atoms with E-state index in [0.29, 0.717) is 0 Å². The standard InChI is InChI=1S/C11H11N3O5/c1-2-19-10(16)6-9(15)12-11-7(13-17)4-3-5-8(11)14-18/h3-5H,2,6H2,1H3,(H,12,15). The number of amides is 1. The van der Waals surface area contributed by atoms with Crippen molar-refractivity contribution in [1.29, 1.82) is 0 Å². The van der Waals surface area contributed by atoms with Crippen molar-refractivity contribution in [2.75, 3.05) is 11.9 Å². The van der Waals surface area contributed by atoms with Gasteiger partial charge in [0.1, 0.15) is 23.5 Å². The Kier molecular flexibility index (Phi) is 5.27. The van der Waals surface area contributed by atoms with Gasteiger partial charge in [0.2, 0.25) is 5.91 Å². The van der Waals surface area contributed by atoms with Crippen LogP contribution in [0.1, 0.15) is 13.3 Å². The van der Waals surface area contributed by atoms with Gasteiger partial charge in [-0.15, -0.1) is 9.81 Å². The number of carbonyl (C=O) groups is 2. The first-order valence-corrected chi connectivity index (χ1v) is 5.37. The molecule has 1 amide bonds. The molecule has 1 aromatic carbocycles. The molecule has 8 nitrogen and oxygen atoms in total. The first kappa shape index (κ1) is 14.4. The van der Waals surface area contributed by atoms with E-state index >= 15 is 0 Å². The van der Waals surface area contributed by atoms with Crippen LogP contribution in [0.3, 0.4) is 0 Å². The quantitative estimate of drug-likeness (QED) is 0.481. The Balaban J connectivity index is 2.86. The normalized spacial score (nSPS) is 9.53. The minimum absolute atomic E-state index is 0.123. The van der Waals surface area contributed by atoms with Gasteiger partial charge in [0.25, 0.3) is 0 Å². The van der Waals surface area contributed by atoms with E-state index in [1.54, 1.807) is 6.92 Å². The second kappa shape index (κ2) is 6.94. The molecule has 0 unspecified atom stereocenters. The van der Waals surface area contributed by atoms with Gasteiger partial charge in [-0.1, -0.05) is 6.07 Å². The molecule has 0 aliphatic carbocycles. The Labute approximate surface area is 108 Å². The summed E-state index contributed by atoms with van der Waals surface area (Å²) in [5, 5.41) is 7.58. The third-order valence-corrected chi connectivity index (χ3v) is 2.09. The number of anilines is 1. The maximum absolute atomic E-state index is 11.5. The molecule has 0 aromatic heterocycles. The zero-order valence-electron chi connectivity index (χ0n) is 10.1. The molecule has 100 valence electrons. The van der Waals surface area contributed by atoms with Crippen LogP contribution >= 0.6 is 0 Å². The Bertz CT molecular complexity index is 489.